The first-order valence-electron chi connectivity index (χ1n) is 10.4. The minimum absolute atomic E-state index is 0.157. The molecule has 8 heteroatoms. The molecule has 0 saturated heterocycles. The third kappa shape index (κ3) is 6.40. The summed E-state index contributed by atoms with van der Waals surface area (Å²) in [6.45, 7) is 5.93. The van der Waals surface area contributed by atoms with Gasteiger partial charge in [0.25, 0.3) is 0 Å². The summed E-state index contributed by atoms with van der Waals surface area (Å²) in [6.07, 6.45) is 0. The normalized spacial score (nSPS) is 11.5. The molecule has 0 aliphatic heterocycles. The molecule has 0 heterocycles. The van der Waals surface area contributed by atoms with Gasteiger partial charge in [-0.3, -0.25) is 9.80 Å². The maximum absolute atomic E-state index is 10.9. The van der Waals surface area contributed by atoms with Crippen molar-refractivity contribution >= 4 is 0 Å². The highest BCUT2D eigenvalue weighted by atomic mass is 16.3. The highest BCUT2D eigenvalue weighted by Gasteiger charge is 2.17. The highest BCUT2D eigenvalue weighted by Crippen LogP contribution is 2.39. The van der Waals surface area contributed by atoms with Crippen molar-refractivity contribution in [2.75, 3.05) is 52.4 Å². The average Bonchev–Trinajstić information content (AvgIpc) is 2.72. The molecule has 0 saturated carbocycles. The number of benzene rings is 2. The molecule has 8 nitrogen and oxygen atoms in total. The topological polar surface area (TPSA) is 151 Å². The van der Waals surface area contributed by atoms with Gasteiger partial charge < -0.3 is 33.1 Å². The van der Waals surface area contributed by atoms with Gasteiger partial charge in [0.15, 0.2) is 0 Å². The zero-order valence-electron chi connectivity index (χ0n) is 17.6. The van der Waals surface area contributed by atoms with Crippen LogP contribution in [0, 0.1) is 0 Å². The van der Waals surface area contributed by atoms with E-state index < -0.39 is 0 Å². The Morgan fingerprint density at radius 2 is 0.900 bits per heavy atom. The lowest BCUT2D eigenvalue weighted by Crippen LogP contribution is -2.33. The predicted molar refractivity (Wildman–Crippen MR) is 122 cm³/mol. The van der Waals surface area contributed by atoms with Gasteiger partial charge in [-0.05, 0) is 0 Å². The van der Waals surface area contributed by atoms with Crippen molar-refractivity contribution in [3.63, 3.8) is 0 Å². The first-order chi connectivity index (χ1) is 14.5. The molecule has 0 amide bonds. The fraction of sp³-hybridized carbons (Fsp3) is 0.455. The molecule has 30 heavy (non-hydrogen) atoms. The standard InChI is InChI=1S/C22H36N6O2/c23-7-11-27(12-8-24)15-17-3-1-5-19(21(17)29)20-6-2-4-18(22(20)30)16-28(13-9-25)14-10-26/h1-6,29-30H,7-16,23-26H2. The zero-order valence-corrected chi connectivity index (χ0v) is 17.6. The van der Waals surface area contributed by atoms with Crippen LogP contribution in [0.25, 0.3) is 11.1 Å². The van der Waals surface area contributed by atoms with Gasteiger partial charge in [0.2, 0.25) is 0 Å². The second kappa shape index (κ2) is 12.5. The second-order valence-electron chi connectivity index (χ2n) is 7.33. The molecule has 0 bridgehead atoms. The summed E-state index contributed by atoms with van der Waals surface area (Å²) in [5, 5.41) is 21.9. The SMILES string of the molecule is NCCN(CCN)Cc1cccc(-c2cccc(CN(CCN)CCN)c2O)c1O. The number of aromatic hydroxyl groups is 2. The van der Waals surface area contributed by atoms with Gasteiger partial charge in [0.1, 0.15) is 11.5 Å². The van der Waals surface area contributed by atoms with Gasteiger partial charge in [-0.1, -0.05) is 36.4 Å². The van der Waals surface area contributed by atoms with Crippen LogP contribution in [-0.2, 0) is 13.1 Å². The maximum atomic E-state index is 10.9. The summed E-state index contributed by atoms with van der Waals surface area (Å²) in [6, 6.07) is 11.1. The van der Waals surface area contributed by atoms with Gasteiger partial charge in [0.05, 0.1) is 0 Å². The molecule has 2 rings (SSSR count). The Morgan fingerprint density at radius 3 is 1.20 bits per heavy atom. The van der Waals surface area contributed by atoms with Crippen LogP contribution in [0.1, 0.15) is 11.1 Å². The van der Waals surface area contributed by atoms with Crippen molar-refractivity contribution in [1.29, 1.82) is 0 Å². The minimum atomic E-state index is 0.157. The van der Waals surface area contributed by atoms with Crippen molar-refractivity contribution < 1.29 is 10.2 Å². The number of para-hydroxylation sites is 2. The third-order valence-corrected chi connectivity index (χ3v) is 5.10. The van der Waals surface area contributed by atoms with E-state index in [1.54, 1.807) is 0 Å². The Labute approximate surface area is 179 Å². The molecule has 0 aromatic heterocycles. The van der Waals surface area contributed by atoms with Gasteiger partial charge >= 0.3 is 0 Å². The van der Waals surface area contributed by atoms with E-state index in [9.17, 15) is 10.2 Å². The van der Waals surface area contributed by atoms with Crippen molar-refractivity contribution in [2.45, 2.75) is 13.1 Å². The first kappa shape index (κ1) is 24.1. The largest absolute Gasteiger partial charge is 0.507 e. The number of rotatable bonds is 13. The number of phenols is 2. The van der Waals surface area contributed by atoms with E-state index in [1.165, 1.54) is 0 Å². The molecule has 0 aliphatic carbocycles. The average molecular weight is 417 g/mol. The van der Waals surface area contributed by atoms with E-state index in [2.05, 4.69) is 9.80 Å². The van der Waals surface area contributed by atoms with Crippen LogP contribution in [0.3, 0.4) is 0 Å². The smallest absolute Gasteiger partial charge is 0.128 e. The fourth-order valence-corrected chi connectivity index (χ4v) is 3.62. The van der Waals surface area contributed by atoms with Gasteiger partial charge in [-0.15, -0.1) is 0 Å². The van der Waals surface area contributed by atoms with Crippen molar-refractivity contribution in [1.82, 2.24) is 9.80 Å². The quantitative estimate of drug-likeness (QED) is 0.271. The number of nitrogens with zero attached hydrogens (tertiary/aromatic N) is 2. The third-order valence-electron chi connectivity index (χ3n) is 5.10. The number of hydrogen-bond acceptors (Lipinski definition) is 8. The molecule has 0 atom stereocenters. The molecule has 166 valence electrons. The van der Waals surface area contributed by atoms with Crippen molar-refractivity contribution in [3.05, 3.63) is 47.5 Å². The summed E-state index contributed by atoms with van der Waals surface area (Å²) in [4.78, 5) is 4.21. The fourth-order valence-electron chi connectivity index (χ4n) is 3.62. The predicted octanol–water partition coefficient (Wildman–Crippen LogP) is 0.204. The lowest BCUT2D eigenvalue weighted by molar-refractivity contribution is 0.276. The molecule has 0 unspecified atom stereocenters. The Morgan fingerprint density at radius 1 is 0.567 bits per heavy atom. The molecule has 2 aromatic rings. The number of phenolic OH excluding ortho intramolecular Hbond substituents is 2. The number of nitrogens with two attached hydrogens (primary N) is 4. The molecule has 2 aromatic carbocycles. The van der Waals surface area contributed by atoms with E-state index in [1.807, 2.05) is 36.4 Å². The van der Waals surface area contributed by atoms with Crippen LogP contribution in [0.4, 0.5) is 0 Å². The molecular weight excluding hydrogens is 380 g/mol. The van der Waals surface area contributed by atoms with E-state index in [-0.39, 0.29) is 11.5 Å². The lowest BCUT2D eigenvalue weighted by atomic mass is 9.97. The maximum Gasteiger partial charge on any atom is 0.128 e. The van der Waals surface area contributed by atoms with Gasteiger partial charge in [-0.25, -0.2) is 0 Å². The van der Waals surface area contributed by atoms with Crippen molar-refractivity contribution in [2.24, 2.45) is 22.9 Å². The van der Waals surface area contributed by atoms with Crippen LogP contribution in [0.15, 0.2) is 36.4 Å². The highest BCUT2D eigenvalue weighted by molar-refractivity contribution is 5.77. The van der Waals surface area contributed by atoms with Crippen molar-refractivity contribution in [3.8, 4) is 22.6 Å². The lowest BCUT2D eigenvalue weighted by Gasteiger charge is -2.23. The summed E-state index contributed by atoms with van der Waals surface area (Å²) >= 11 is 0. The summed E-state index contributed by atoms with van der Waals surface area (Å²) < 4.78 is 0. The van der Waals surface area contributed by atoms with Crippen LogP contribution in [0.2, 0.25) is 0 Å². The molecule has 10 N–H and O–H groups in total. The summed E-state index contributed by atoms with van der Waals surface area (Å²) in [5.41, 5.74) is 25.5. The zero-order chi connectivity index (χ0) is 21.9. The Kier molecular flexibility index (Phi) is 10.0. The summed E-state index contributed by atoms with van der Waals surface area (Å²) in [7, 11) is 0. The Balaban J connectivity index is 2.33. The van der Waals surface area contributed by atoms with E-state index in [4.69, 9.17) is 22.9 Å². The molecule has 0 aliphatic rings. The van der Waals surface area contributed by atoms with Crippen LogP contribution in [-0.4, -0.2) is 72.4 Å². The summed E-state index contributed by atoms with van der Waals surface area (Å²) in [5.74, 6) is 0.314. The van der Waals surface area contributed by atoms with Crippen LogP contribution in [0.5, 0.6) is 11.5 Å². The molecular formula is C22H36N6O2. The molecule has 0 fully saturated rings. The van der Waals surface area contributed by atoms with E-state index in [0.29, 0.717) is 76.6 Å². The number of hydrogen-bond donors (Lipinski definition) is 6. The molecule has 0 radical (unpaired) electrons. The van der Waals surface area contributed by atoms with E-state index >= 15 is 0 Å². The first-order valence-corrected chi connectivity index (χ1v) is 10.4. The minimum Gasteiger partial charge on any atom is -0.507 e. The Bertz CT molecular complexity index is 709. The Hall–Kier alpha value is -2.20. The van der Waals surface area contributed by atoms with Gasteiger partial charge in [-0.2, -0.15) is 0 Å². The van der Waals surface area contributed by atoms with Crippen LogP contribution < -0.4 is 22.9 Å². The van der Waals surface area contributed by atoms with Gasteiger partial charge in [0, 0.05) is 87.7 Å². The second-order valence-corrected chi connectivity index (χ2v) is 7.33. The van der Waals surface area contributed by atoms with Crippen LogP contribution >= 0.6 is 0 Å². The van der Waals surface area contributed by atoms with E-state index in [0.717, 1.165) is 11.1 Å². The molecule has 0 spiro atoms. The monoisotopic (exact) mass is 416 g/mol.